The molecule has 20 heavy (non-hydrogen) atoms. The largest absolute Gasteiger partial charge is 0.479 e. The van der Waals surface area contributed by atoms with Gasteiger partial charge in [-0.05, 0) is 49.2 Å². The molecular formula is C15H19BrN2O2. The summed E-state index contributed by atoms with van der Waals surface area (Å²) in [6.07, 6.45) is 3.24. The van der Waals surface area contributed by atoms with Gasteiger partial charge in [0.05, 0.1) is 11.7 Å². The summed E-state index contributed by atoms with van der Waals surface area (Å²) in [4.78, 5) is 16.2. The van der Waals surface area contributed by atoms with E-state index in [-0.39, 0.29) is 5.91 Å². The second-order valence-electron chi connectivity index (χ2n) is 4.84. The second kappa shape index (κ2) is 7.30. The molecule has 1 N–H and O–H groups in total. The molecule has 4 nitrogen and oxygen atoms in total. The number of hydrogen-bond acceptors (Lipinski definition) is 3. The number of nitrogens with one attached hydrogen (secondary N) is 1. The Bertz CT molecular complexity index is 532. The molecule has 108 valence electrons. The van der Waals surface area contributed by atoms with Crippen molar-refractivity contribution in [1.82, 2.24) is 10.3 Å². The van der Waals surface area contributed by atoms with Gasteiger partial charge >= 0.3 is 0 Å². The number of carbonyl (C=O) groups excluding carboxylic acids is 1. The molecule has 0 aliphatic rings. The summed E-state index contributed by atoms with van der Waals surface area (Å²) in [5.74, 6) is 6.13. The summed E-state index contributed by atoms with van der Waals surface area (Å²) in [6, 6.07) is 1.78. The lowest BCUT2D eigenvalue weighted by atomic mass is 10.1. The number of ether oxygens (including phenoxy) is 1. The predicted octanol–water partition coefficient (Wildman–Crippen LogP) is 2.92. The molecule has 1 amide bonds. The third-order valence-electron chi connectivity index (χ3n) is 2.49. The van der Waals surface area contributed by atoms with Crippen LogP contribution in [0.2, 0.25) is 0 Å². The SMILES string of the molecule is CC#CC(C)(C)NC(=O)C(CC)Oc1cncc(Br)c1. The van der Waals surface area contributed by atoms with Gasteiger partial charge < -0.3 is 10.1 Å². The lowest BCUT2D eigenvalue weighted by Gasteiger charge is -2.24. The Morgan fingerprint density at radius 1 is 1.55 bits per heavy atom. The van der Waals surface area contributed by atoms with Crippen molar-refractivity contribution < 1.29 is 9.53 Å². The van der Waals surface area contributed by atoms with Crippen LogP contribution in [0.5, 0.6) is 5.75 Å². The number of amides is 1. The number of aromatic nitrogens is 1. The van der Waals surface area contributed by atoms with E-state index in [9.17, 15) is 4.79 Å². The van der Waals surface area contributed by atoms with Crippen molar-refractivity contribution in [3.63, 3.8) is 0 Å². The van der Waals surface area contributed by atoms with Crippen LogP contribution < -0.4 is 10.1 Å². The van der Waals surface area contributed by atoms with Crippen molar-refractivity contribution in [2.75, 3.05) is 0 Å². The second-order valence-corrected chi connectivity index (χ2v) is 5.76. The predicted molar refractivity (Wildman–Crippen MR) is 82.3 cm³/mol. The summed E-state index contributed by atoms with van der Waals surface area (Å²) >= 11 is 3.32. The van der Waals surface area contributed by atoms with Gasteiger partial charge in [-0.1, -0.05) is 12.8 Å². The summed E-state index contributed by atoms with van der Waals surface area (Å²) in [5, 5.41) is 2.87. The standard InChI is InChI=1S/C15H19BrN2O2/c1-5-7-15(3,4)18-14(19)13(6-2)20-12-8-11(16)9-17-10-12/h8-10,13H,6H2,1-4H3,(H,18,19). The number of hydrogen-bond donors (Lipinski definition) is 1. The molecule has 1 aromatic heterocycles. The number of carbonyl (C=O) groups is 1. The van der Waals surface area contributed by atoms with Crippen molar-refractivity contribution in [3.05, 3.63) is 22.9 Å². The summed E-state index contributed by atoms with van der Waals surface area (Å²) < 4.78 is 6.49. The molecular weight excluding hydrogens is 320 g/mol. The van der Waals surface area contributed by atoms with Crippen LogP contribution in [-0.2, 0) is 4.79 Å². The molecule has 1 atom stereocenters. The average molecular weight is 339 g/mol. The first-order valence-corrected chi connectivity index (χ1v) is 7.20. The highest BCUT2D eigenvalue weighted by Gasteiger charge is 2.24. The van der Waals surface area contributed by atoms with Gasteiger partial charge in [0.25, 0.3) is 5.91 Å². The Labute approximate surface area is 128 Å². The third-order valence-corrected chi connectivity index (χ3v) is 2.93. The minimum Gasteiger partial charge on any atom is -0.479 e. The molecule has 1 rings (SSSR count). The van der Waals surface area contributed by atoms with E-state index in [1.54, 1.807) is 25.4 Å². The zero-order chi connectivity index (χ0) is 15.2. The first kappa shape index (κ1) is 16.5. The average Bonchev–Trinajstić information content (AvgIpc) is 2.35. The number of halogens is 1. The third kappa shape index (κ3) is 5.22. The fourth-order valence-corrected chi connectivity index (χ4v) is 2.02. The smallest absolute Gasteiger partial charge is 0.262 e. The highest BCUT2D eigenvalue weighted by Crippen LogP contribution is 2.18. The molecule has 0 aliphatic heterocycles. The van der Waals surface area contributed by atoms with E-state index in [2.05, 4.69) is 38.1 Å². The van der Waals surface area contributed by atoms with E-state index >= 15 is 0 Å². The van der Waals surface area contributed by atoms with E-state index in [1.165, 1.54) is 0 Å². The van der Waals surface area contributed by atoms with Crippen LogP contribution in [0.4, 0.5) is 0 Å². The zero-order valence-electron chi connectivity index (χ0n) is 12.2. The maximum Gasteiger partial charge on any atom is 0.262 e. The summed E-state index contributed by atoms with van der Waals surface area (Å²) in [5.41, 5.74) is -0.571. The maximum absolute atomic E-state index is 12.2. The van der Waals surface area contributed by atoms with Crippen molar-refractivity contribution in [2.45, 2.75) is 45.8 Å². The monoisotopic (exact) mass is 338 g/mol. The summed E-state index contributed by atoms with van der Waals surface area (Å²) in [7, 11) is 0. The molecule has 0 aromatic carbocycles. The highest BCUT2D eigenvalue weighted by atomic mass is 79.9. The van der Waals surface area contributed by atoms with Crippen molar-refractivity contribution in [1.29, 1.82) is 0 Å². The number of nitrogens with zero attached hydrogens (tertiary/aromatic N) is 1. The van der Waals surface area contributed by atoms with Gasteiger partial charge in [-0.15, -0.1) is 5.92 Å². The quantitative estimate of drug-likeness (QED) is 0.840. The van der Waals surface area contributed by atoms with E-state index in [0.29, 0.717) is 12.2 Å². The van der Waals surface area contributed by atoms with Crippen molar-refractivity contribution in [3.8, 4) is 17.6 Å². The molecule has 0 saturated heterocycles. The molecule has 0 radical (unpaired) electrons. The van der Waals surface area contributed by atoms with Gasteiger partial charge in [0.15, 0.2) is 6.10 Å². The van der Waals surface area contributed by atoms with Crippen LogP contribution in [0, 0.1) is 11.8 Å². The molecule has 1 aromatic rings. The van der Waals surface area contributed by atoms with E-state index in [4.69, 9.17) is 4.74 Å². The first-order chi connectivity index (χ1) is 9.38. The molecule has 0 fully saturated rings. The lowest BCUT2D eigenvalue weighted by Crippen LogP contribution is -2.48. The van der Waals surface area contributed by atoms with Crippen molar-refractivity contribution in [2.24, 2.45) is 0 Å². The van der Waals surface area contributed by atoms with Gasteiger partial charge in [-0.2, -0.15) is 0 Å². The van der Waals surface area contributed by atoms with E-state index < -0.39 is 11.6 Å². The van der Waals surface area contributed by atoms with Crippen LogP contribution >= 0.6 is 15.9 Å². The maximum atomic E-state index is 12.2. The Balaban J connectivity index is 2.75. The van der Waals surface area contributed by atoms with E-state index in [1.807, 2.05) is 20.8 Å². The summed E-state index contributed by atoms with van der Waals surface area (Å²) in [6.45, 7) is 7.35. The topological polar surface area (TPSA) is 51.2 Å². The highest BCUT2D eigenvalue weighted by molar-refractivity contribution is 9.10. The first-order valence-electron chi connectivity index (χ1n) is 6.41. The number of rotatable bonds is 5. The van der Waals surface area contributed by atoms with Gasteiger partial charge in [0.1, 0.15) is 5.75 Å². The van der Waals surface area contributed by atoms with E-state index in [0.717, 1.165) is 4.47 Å². The Morgan fingerprint density at radius 2 is 2.25 bits per heavy atom. The van der Waals surface area contributed by atoms with Crippen LogP contribution in [0.1, 0.15) is 34.1 Å². The normalized spacial score (nSPS) is 12.1. The Kier molecular flexibility index (Phi) is 6.03. The van der Waals surface area contributed by atoms with Crippen LogP contribution in [0.3, 0.4) is 0 Å². The van der Waals surface area contributed by atoms with Gasteiger partial charge in [0, 0.05) is 10.7 Å². The molecule has 0 spiro atoms. The van der Waals surface area contributed by atoms with Gasteiger partial charge in [-0.25, -0.2) is 0 Å². The molecule has 5 heteroatoms. The van der Waals surface area contributed by atoms with Crippen LogP contribution in [0.15, 0.2) is 22.9 Å². The molecule has 0 bridgehead atoms. The van der Waals surface area contributed by atoms with Crippen LogP contribution in [-0.4, -0.2) is 22.5 Å². The lowest BCUT2D eigenvalue weighted by molar-refractivity contribution is -0.129. The number of pyridine rings is 1. The minimum absolute atomic E-state index is 0.180. The molecule has 0 aliphatic carbocycles. The zero-order valence-corrected chi connectivity index (χ0v) is 13.7. The Hall–Kier alpha value is -1.54. The van der Waals surface area contributed by atoms with Gasteiger partial charge in [-0.3, -0.25) is 9.78 Å². The van der Waals surface area contributed by atoms with Gasteiger partial charge in [0.2, 0.25) is 0 Å². The molecule has 1 unspecified atom stereocenters. The molecule has 1 heterocycles. The fraction of sp³-hybridized carbons (Fsp3) is 0.467. The van der Waals surface area contributed by atoms with Crippen LogP contribution in [0.25, 0.3) is 0 Å². The Morgan fingerprint density at radius 3 is 2.80 bits per heavy atom. The molecule has 0 saturated carbocycles. The minimum atomic E-state index is -0.571. The fourth-order valence-electron chi connectivity index (χ4n) is 1.68. The van der Waals surface area contributed by atoms with Crippen molar-refractivity contribution >= 4 is 21.8 Å².